The van der Waals surface area contributed by atoms with Crippen LogP contribution in [0.25, 0.3) is 32.2 Å². The van der Waals surface area contributed by atoms with Gasteiger partial charge >= 0.3 is 6.09 Å². The molecule has 5 heterocycles. The molecule has 1 saturated heterocycles. The first-order valence-corrected chi connectivity index (χ1v) is 14.8. The van der Waals surface area contributed by atoms with Crippen molar-refractivity contribution >= 4 is 61.0 Å². The highest BCUT2D eigenvalue weighted by Crippen LogP contribution is 2.47. The van der Waals surface area contributed by atoms with E-state index in [0.717, 1.165) is 28.7 Å². The smallest absolute Gasteiger partial charge is 0.412 e. The van der Waals surface area contributed by atoms with E-state index in [1.165, 1.54) is 0 Å². The third-order valence-corrected chi connectivity index (χ3v) is 9.01. The van der Waals surface area contributed by atoms with E-state index in [9.17, 15) is 15.2 Å². The van der Waals surface area contributed by atoms with Crippen molar-refractivity contribution in [2.75, 3.05) is 37.4 Å². The Hall–Kier alpha value is -3.67. The Balaban J connectivity index is 1.53. The highest BCUT2D eigenvalue weighted by molar-refractivity contribution is 7.23. The molecule has 1 fully saturated rings. The Morgan fingerprint density at radius 3 is 2.70 bits per heavy atom. The monoisotopic (exact) mass is 625 g/mol. The molecule has 14 heteroatoms. The number of rotatable bonds is 4. The lowest BCUT2D eigenvalue weighted by Crippen LogP contribution is -2.38. The van der Waals surface area contributed by atoms with Crippen molar-refractivity contribution in [3.8, 4) is 17.3 Å². The van der Waals surface area contributed by atoms with Gasteiger partial charge in [-0.3, -0.25) is 10.3 Å². The van der Waals surface area contributed by atoms with Gasteiger partial charge in [-0.1, -0.05) is 11.6 Å². The number of β-amino-alcohol motifs (C(OH)–C–C–N with tert-alkyl or cyclic N) is 1. The third-order valence-electron chi connectivity index (χ3n) is 7.52. The minimum atomic E-state index is -0.772. The zero-order valence-corrected chi connectivity index (χ0v) is 25.7. The molecule has 0 saturated carbocycles. The molecule has 4 aromatic rings. The van der Waals surface area contributed by atoms with Gasteiger partial charge in [0.2, 0.25) is 5.95 Å². The third kappa shape index (κ3) is 5.13. The number of aliphatic hydroxyl groups is 1. The fourth-order valence-corrected chi connectivity index (χ4v) is 6.98. The number of carbonyl (C=O) groups is 1. The van der Waals surface area contributed by atoms with Crippen molar-refractivity contribution in [3.05, 3.63) is 39.9 Å². The molecular weight excluding hydrogens is 597 g/mol. The van der Waals surface area contributed by atoms with Gasteiger partial charge < -0.3 is 24.4 Å². The van der Waals surface area contributed by atoms with Crippen molar-refractivity contribution in [2.45, 2.75) is 51.7 Å². The van der Waals surface area contributed by atoms with Gasteiger partial charge in [-0.25, -0.2) is 19.2 Å². The van der Waals surface area contributed by atoms with Crippen molar-refractivity contribution in [1.29, 1.82) is 5.26 Å². The summed E-state index contributed by atoms with van der Waals surface area (Å²) in [7, 11) is 3.83. The van der Waals surface area contributed by atoms with Gasteiger partial charge in [-0.05, 0) is 46.0 Å². The van der Waals surface area contributed by atoms with Crippen molar-refractivity contribution in [1.82, 2.24) is 19.9 Å². The fourth-order valence-electron chi connectivity index (χ4n) is 5.59. The van der Waals surface area contributed by atoms with Crippen LogP contribution in [0, 0.1) is 17.1 Å². The predicted octanol–water partition coefficient (Wildman–Crippen LogP) is 5.06. The molecule has 3 aromatic heterocycles. The lowest BCUT2D eigenvalue weighted by Gasteiger charge is -2.21. The largest absolute Gasteiger partial charge is 0.444 e. The molecule has 11 nitrogen and oxygen atoms in total. The number of hydrogen-bond donors (Lipinski definition) is 2. The number of pyridine rings is 1. The van der Waals surface area contributed by atoms with E-state index < -0.39 is 23.6 Å². The molecule has 2 aliphatic rings. The van der Waals surface area contributed by atoms with E-state index in [1.807, 2.05) is 23.9 Å². The average Bonchev–Trinajstić information content (AvgIpc) is 3.66. The second-order valence-electron chi connectivity index (χ2n) is 11.8. The first-order valence-electron chi connectivity index (χ1n) is 13.6. The normalized spacial score (nSPS) is 18.5. The summed E-state index contributed by atoms with van der Waals surface area (Å²) in [6.07, 6.45) is 1.44. The van der Waals surface area contributed by atoms with Gasteiger partial charge in [0.05, 0.1) is 58.1 Å². The number of hydrogen-bond acceptors (Lipinski definition) is 11. The van der Waals surface area contributed by atoms with Crippen molar-refractivity contribution < 1.29 is 23.8 Å². The summed E-state index contributed by atoms with van der Waals surface area (Å²) in [6.45, 7) is 6.56. The molecule has 0 radical (unpaired) electrons. The number of carbonyl (C=O) groups excluding carboxylic acids is 1. The Labute approximate surface area is 255 Å². The molecule has 2 atom stereocenters. The fraction of sp³-hybridized carbons (Fsp3) is 0.414. The van der Waals surface area contributed by atoms with Gasteiger partial charge in [0, 0.05) is 35.6 Å². The Morgan fingerprint density at radius 2 is 2.02 bits per heavy atom. The molecule has 1 amide bonds. The zero-order valence-electron chi connectivity index (χ0n) is 24.2. The van der Waals surface area contributed by atoms with Gasteiger partial charge in [-0.15, -0.1) is 11.3 Å². The maximum absolute atomic E-state index is 15.2. The predicted molar refractivity (Wildman–Crippen MR) is 162 cm³/mol. The number of nitriles is 1. The molecule has 224 valence electrons. The number of aliphatic hydroxyl groups excluding tert-OH is 1. The van der Waals surface area contributed by atoms with E-state index >= 15 is 4.39 Å². The molecule has 6 rings (SSSR count). The van der Waals surface area contributed by atoms with Crippen LogP contribution in [0.15, 0.2) is 12.4 Å². The van der Waals surface area contributed by atoms with Crippen LogP contribution >= 0.6 is 22.9 Å². The maximum Gasteiger partial charge on any atom is 0.412 e. The van der Waals surface area contributed by atoms with E-state index in [4.69, 9.17) is 26.1 Å². The molecule has 0 unspecified atom stereocenters. The van der Waals surface area contributed by atoms with Crippen molar-refractivity contribution in [2.24, 2.45) is 0 Å². The average molecular weight is 626 g/mol. The highest BCUT2D eigenvalue weighted by atomic mass is 35.5. The summed E-state index contributed by atoms with van der Waals surface area (Å²) in [5, 5.41) is 24.7. The number of anilines is 2. The second kappa shape index (κ2) is 10.8. The number of benzene rings is 1. The van der Waals surface area contributed by atoms with E-state index in [2.05, 4.69) is 21.4 Å². The molecule has 0 spiro atoms. The number of fused-ring (bicyclic) bond motifs is 4. The number of amides is 1. The molecular formula is C29H29ClFN7O4S. The number of thiophene rings is 1. The molecule has 2 aliphatic heterocycles. The number of nitrogens with zero attached hydrogens (tertiary/aromatic N) is 6. The molecule has 1 aromatic carbocycles. The number of nitrogens with one attached hydrogen (secondary N) is 1. The van der Waals surface area contributed by atoms with Crippen LogP contribution in [-0.4, -0.2) is 76.0 Å². The summed E-state index contributed by atoms with van der Waals surface area (Å²) in [6, 6.07) is 2.03. The zero-order chi connectivity index (χ0) is 30.8. The Kier molecular flexibility index (Phi) is 7.38. The highest BCUT2D eigenvalue weighted by Gasteiger charge is 2.35. The summed E-state index contributed by atoms with van der Waals surface area (Å²) < 4.78 is 26.5. The van der Waals surface area contributed by atoms with Crippen LogP contribution in [-0.2, 0) is 22.7 Å². The first-order chi connectivity index (χ1) is 20.4. The number of halogens is 2. The lowest BCUT2D eigenvalue weighted by atomic mass is 9.94. The van der Waals surface area contributed by atoms with E-state index in [0.29, 0.717) is 35.5 Å². The lowest BCUT2D eigenvalue weighted by molar-refractivity contribution is 0.0636. The van der Waals surface area contributed by atoms with E-state index in [-0.39, 0.29) is 50.6 Å². The summed E-state index contributed by atoms with van der Waals surface area (Å²) in [5.41, 5.74) is 2.05. The van der Waals surface area contributed by atoms with Crippen LogP contribution in [0.5, 0.6) is 0 Å². The van der Waals surface area contributed by atoms with Gasteiger partial charge in [0.15, 0.2) is 5.82 Å². The molecule has 0 aliphatic carbocycles. The topological polar surface area (TPSA) is 137 Å². The second-order valence-corrected chi connectivity index (χ2v) is 13.2. The summed E-state index contributed by atoms with van der Waals surface area (Å²) >= 11 is 8.04. The summed E-state index contributed by atoms with van der Waals surface area (Å²) in [4.78, 5) is 30.3. The minimum Gasteiger partial charge on any atom is -0.444 e. The maximum atomic E-state index is 15.2. The molecule has 2 N–H and O–H groups in total. The quantitative estimate of drug-likeness (QED) is 0.317. The molecule has 0 bridgehead atoms. The number of likely N-dealkylation sites (N-methyl/N-ethyl adjacent to an activating group) is 1. The van der Waals surface area contributed by atoms with Crippen LogP contribution in [0.3, 0.4) is 0 Å². The standard InChI is InChI=1S/C29H29ClFN7O4S/c1-29(2,3)42-28(40)36-26-13(6-32)21-24(33-8-17(31)25(21)43-26)20-16-12-41-11-15(16)14-7-34-27(35-23(14)22(20)30)38-9-18(37(4)5)19(39)10-38/h7-8,18-19,39H,9-12H2,1-5H3,(H,36,40)/t18-,19+/m1/s1. The number of ether oxygens (including phenoxy) is 2. The van der Waals surface area contributed by atoms with Crippen LogP contribution in [0.2, 0.25) is 5.02 Å². The first kappa shape index (κ1) is 29.4. The Bertz CT molecular complexity index is 1830. The van der Waals surface area contributed by atoms with Crippen LogP contribution < -0.4 is 10.2 Å². The van der Waals surface area contributed by atoms with Crippen LogP contribution in [0.1, 0.15) is 37.5 Å². The number of aromatic nitrogens is 3. The van der Waals surface area contributed by atoms with Gasteiger partial charge in [0.1, 0.15) is 16.7 Å². The minimum absolute atomic E-state index is 0.0425. The molecule has 43 heavy (non-hydrogen) atoms. The Morgan fingerprint density at radius 1 is 1.28 bits per heavy atom. The van der Waals surface area contributed by atoms with E-state index in [1.54, 1.807) is 27.0 Å². The SMILES string of the molecule is CN(C)[C@@H]1CN(c2ncc3c4c(c(-c5ncc(F)c6sc(NC(=O)OC(C)(C)C)c(C#N)c56)c(Cl)c3n2)COC4)C[C@@H]1O. The van der Waals surface area contributed by atoms with Crippen LogP contribution in [0.4, 0.5) is 20.1 Å². The van der Waals surface area contributed by atoms with Gasteiger partial charge in [0.25, 0.3) is 0 Å². The summed E-state index contributed by atoms with van der Waals surface area (Å²) in [5.74, 6) is -0.230. The van der Waals surface area contributed by atoms with Crippen molar-refractivity contribution in [3.63, 3.8) is 0 Å². The van der Waals surface area contributed by atoms with Gasteiger partial charge in [-0.2, -0.15) is 5.26 Å².